The molecule has 0 radical (unpaired) electrons. The van der Waals surface area contributed by atoms with Gasteiger partial charge in [0.15, 0.2) is 0 Å². The fourth-order valence-corrected chi connectivity index (χ4v) is 1.32. The smallest absolute Gasteiger partial charge is 0.138 e. The second-order valence-electron chi connectivity index (χ2n) is 3.89. The first kappa shape index (κ1) is 9.09. The molecule has 0 aliphatic carbocycles. The predicted octanol–water partition coefficient (Wildman–Crippen LogP) is 2.37. The first-order chi connectivity index (χ1) is 6.47. The first-order valence-electron chi connectivity index (χ1n) is 4.42. The topological polar surface area (TPSA) is 53.6 Å². The van der Waals surface area contributed by atoms with Gasteiger partial charge in [0, 0.05) is 11.5 Å². The fraction of sp³-hybridized carbons (Fsp3) is 0.273. The zero-order valence-electron chi connectivity index (χ0n) is 8.11. The van der Waals surface area contributed by atoms with E-state index < -0.39 is 5.60 Å². The standard InChI is InChI=1S/C11H12O3/c1-11(2,13)10-5-7-3-4-8(12)6-9(7)14-10/h3-6,12-13H,1-2H3. The van der Waals surface area contributed by atoms with E-state index in [4.69, 9.17) is 4.42 Å². The van der Waals surface area contributed by atoms with Crippen LogP contribution in [0, 0.1) is 0 Å². The quantitative estimate of drug-likeness (QED) is 0.729. The third kappa shape index (κ3) is 1.46. The van der Waals surface area contributed by atoms with Crippen LogP contribution in [-0.4, -0.2) is 10.2 Å². The van der Waals surface area contributed by atoms with Crippen LogP contribution in [0.5, 0.6) is 5.75 Å². The second kappa shape index (κ2) is 2.75. The van der Waals surface area contributed by atoms with E-state index in [0.29, 0.717) is 11.3 Å². The molecule has 0 aliphatic heterocycles. The highest BCUT2D eigenvalue weighted by Gasteiger charge is 2.20. The fourth-order valence-electron chi connectivity index (χ4n) is 1.32. The van der Waals surface area contributed by atoms with Gasteiger partial charge < -0.3 is 14.6 Å². The van der Waals surface area contributed by atoms with Gasteiger partial charge in [0.05, 0.1) is 0 Å². The minimum atomic E-state index is -0.991. The van der Waals surface area contributed by atoms with Crippen molar-refractivity contribution in [3.05, 3.63) is 30.0 Å². The number of aromatic hydroxyl groups is 1. The number of furan rings is 1. The highest BCUT2D eigenvalue weighted by Crippen LogP contribution is 2.29. The molecule has 1 aromatic carbocycles. The van der Waals surface area contributed by atoms with E-state index in [-0.39, 0.29) is 5.75 Å². The molecule has 0 amide bonds. The van der Waals surface area contributed by atoms with Crippen LogP contribution in [0.4, 0.5) is 0 Å². The Labute approximate surface area is 81.6 Å². The van der Waals surface area contributed by atoms with Crippen molar-refractivity contribution >= 4 is 11.0 Å². The molecule has 0 unspecified atom stereocenters. The third-order valence-corrected chi connectivity index (χ3v) is 2.11. The molecule has 2 rings (SSSR count). The molecule has 0 saturated heterocycles. The lowest BCUT2D eigenvalue weighted by molar-refractivity contribution is 0.0559. The van der Waals surface area contributed by atoms with Crippen LogP contribution in [0.1, 0.15) is 19.6 Å². The molecule has 0 bridgehead atoms. The Bertz CT molecular complexity index is 463. The van der Waals surface area contributed by atoms with Gasteiger partial charge in [-0.15, -0.1) is 0 Å². The molecule has 0 aliphatic rings. The average Bonchev–Trinajstić information content (AvgIpc) is 2.45. The highest BCUT2D eigenvalue weighted by atomic mass is 16.4. The number of phenols is 1. The van der Waals surface area contributed by atoms with Gasteiger partial charge >= 0.3 is 0 Å². The number of fused-ring (bicyclic) bond motifs is 1. The molecule has 0 saturated carbocycles. The lowest BCUT2D eigenvalue weighted by Gasteiger charge is -2.12. The molecule has 3 nitrogen and oxygen atoms in total. The highest BCUT2D eigenvalue weighted by molar-refractivity contribution is 5.79. The molecule has 14 heavy (non-hydrogen) atoms. The van der Waals surface area contributed by atoms with Gasteiger partial charge in [0.2, 0.25) is 0 Å². The molecule has 3 heteroatoms. The molecule has 1 heterocycles. The number of hydrogen-bond donors (Lipinski definition) is 2. The second-order valence-corrected chi connectivity index (χ2v) is 3.89. The molecular weight excluding hydrogens is 180 g/mol. The summed E-state index contributed by atoms with van der Waals surface area (Å²) in [5.74, 6) is 0.659. The first-order valence-corrected chi connectivity index (χ1v) is 4.42. The van der Waals surface area contributed by atoms with Gasteiger partial charge in [-0.1, -0.05) is 0 Å². The van der Waals surface area contributed by atoms with Gasteiger partial charge in [-0.25, -0.2) is 0 Å². The van der Waals surface area contributed by atoms with Crippen molar-refractivity contribution in [1.29, 1.82) is 0 Å². The van der Waals surface area contributed by atoms with Gasteiger partial charge in [-0.2, -0.15) is 0 Å². The Balaban J connectivity index is 2.63. The van der Waals surface area contributed by atoms with Gasteiger partial charge in [-0.3, -0.25) is 0 Å². The van der Waals surface area contributed by atoms with Crippen molar-refractivity contribution in [2.24, 2.45) is 0 Å². The van der Waals surface area contributed by atoms with E-state index >= 15 is 0 Å². The molecule has 74 valence electrons. The zero-order valence-corrected chi connectivity index (χ0v) is 8.11. The number of hydrogen-bond acceptors (Lipinski definition) is 3. The maximum atomic E-state index is 9.70. The minimum absolute atomic E-state index is 0.161. The van der Waals surface area contributed by atoms with Crippen molar-refractivity contribution in [2.75, 3.05) is 0 Å². The third-order valence-electron chi connectivity index (χ3n) is 2.11. The number of aliphatic hydroxyl groups is 1. The predicted molar refractivity (Wildman–Crippen MR) is 53.1 cm³/mol. The van der Waals surface area contributed by atoms with Crippen LogP contribution < -0.4 is 0 Å². The van der Waals surface area contributed by atoms with Crippen LogP contribution >= 0.6 is 0 Å². The van der Waals surface area contributed by atoms with Crippen molar-refractivity contribution in [2.45, 2.75) is 19.4 Å². The molecular formula is C11H12O3. The summed E-state index contributed by atoms with van der Waals surface area (Å²) in [6.07, 6.45) is 0. The van der Waals surface area contributed by atoms with Crippen LogP contribution in [-0.2, 0) is 5.60 Å². The summed E-state index contributed by atoms with van der Waals surface area (Å²) >= 11 is 0. The maximum Gasteiger partial charge on any atom is 0.138 e. The molecule has 0 fully saturated rings. The van der Waals surface area contributed by atoms with Crippen LogP contribution in [0.15, 0.2) is 28.7 Å². The lowest BCUT2D eigenvalue weighted by Crippen LogP contribution is -2.13. The zero-order chi connectivity index (χ0) is 10.3. The Morgan fingerprint density at radius 3 is 2.57 bits per heavy atom. The Morgan fingerprint density at radius 1 is 1.21 bits per heavy atom. The summed E-state index contributed by atoms with van der Waals surface area (Å²) in [4.78, 5) is 0. The van der Waals surface area contributed by atoms with E-state index in [1.807, 2.05) is 0 Å². The normalized spacial score (nSPS) is 12.2. The largest absolute Gasteiger partial charge is 0.508 e. The molecule has 0 spiro atoms. The summed E-state index contributed by atoms with van der Waals surface area (Å²) in [5, 5.41) is 19.8. The number of benzene rings is 1. The van der Waals surface area contributed by atoms with Crippen molar-refractivity contribution in [3.8, 4) is 5.75 Å². The summed E-state index contributed by atoms with van der Waals surface area (Å²) in [7, 11) is 0. The Hall–Kier alpha value is -1.48. The minimum Gasteiger partial charge on any atom is -0.508 e. The average molecular weight is 192 g/mol. The van der Waals surface area contributed by atoms with E-state index in [1.165, 1.54) is 6.07 Å². The van der Waals surface area contributed by atoms with Gasteiger partial charge in [-0.05, 0) is 32.0 Å². The summed E-state index contributed by atoms with van der Waals surface area (Å²) in [6, 6.07) is 6.65. The van der Waals surface area contributed by atoms with Crippen LogP contribution in [0.3, 0.4) is 0 Å². The van der Waals surface area contributed by atoms with Gasteiger partial charge in [0.25, 0.3) is 0 Å². The van der Waals surface area contributed by atoms with E-state index in [2.05, 4.69) is 0 Å². The van der Waals surface area contributed by atoms with E-state index in [1.54, 1.807) is 32.0 Å². The SMILES string of the molecule is CC(C)(O)c1cc2ccc(O)cc2o1. The van der Waals surface area contributed by atoms with Crippen molar-refractivity contribution in [1.82, 2.24) is 0 Å². The Morgan fingerprint density at radius 2 is 1.93 bits per heavy atom. The van der Waals surface area contributed by atoms with E-state index in [9.17, 15) is 10.2 Å². The maximum absolute atomic E-state index is 9.70. The molecule has 2 aromatic rings. The van der Waals surface area contributed by atoms with Crippen molar-refractivity contribution in [3.63, 3.8) is 0 Å². The molecule has 0 atom stereocenters. The number of phenolic OH excluding ortho intramolecular Hbond substituents is 1. The Kier molecular flexibility index (Phi) is 1.79. The van der Waals surface area contributed by atoms with Crippen molar-refractivity contribution < 1.29 is 14.6 Å². The molecule has 2 N–H and O–H groups in total. The number of rotatable bonds is 1. The monoisotopic (exact) mass is 192 g/mol. The van der Waals surface area contributed by atoms with E-state index in [0.717, 1.165) is 5.39 Å². The van der Waals surface area contributed by atoms with Crippen LogP contribution in [0.2, 0.25) is 0 Å². The lowest BCUT2D eigenvalue weighted by atomic mass is 10.1. The summed E-state index contributed by atoms with van der Waals surface area (Å²) in [5.41, 5.74) is -0.406. The summed E-state index contributed by atoms with van der Waals surface area (Å²) < 4.78 is 5.40. The summed E-state index contributed by atoms with van der Waals surface area (Å²) in [6.45, 7) is 3.31. The van der Waals surface area contributed by atoms with Crippen LogP contribution in [0.25, 0.3) is 11.0 Å². The van der Waals surface area contributed by atoms with Gasteiger partial charge in [0.1, 0.15) is 22.7 Å². The molecule has 1 aromatic heterocycles.